The van der Waals surface area contributed by atoms with Crippen LogP contribution in [0.3, 0.4) is 0 Å². The first kappa shape index (κ1) is 12.5. The van der Waals surface area contributed by atoms with E-state index in [4.69, 9.17) is 28.4 Å². The summed E-state index contributed by atoms with van der Waals surface area (Å²) in [6.45, 7) is 8.71. The lowest BCUT2D eigenvalue weighted by atomic mass is 9.95. The zero-order valence-electron chi connectivity index (χ0n) is 11.7. The van der Waals surface area contributed by atoms with E-state index in [1.807, 2.05) is 27.7 Å². The molecule has 0 aromatic rings. The minimum atomic E-state index is -0.619. The molecule has 4 rings (SSSR count). The number of hydrogen-bond donors (Lipinski definition) is 0. The van der Waals surface area contributed by atoms with Gasteiger partial charge in [-0.25, -0.2) is 0 Å². The maximum Gasteiger partial charge on any atom is 0.190 e. The van der Waals surface area contributed by atoms with Crippen LogP contribution in [0.2, 0.25) is 0 Å². The molecule has 1 spiro atoms. The van der Waals surface area contributed by atoms with E-state index >= 15 is 0 Å². The lowest BCUT2D eigenvalue weighted by Gasteiger charge is -2.27. The molecule has 4 heterocycles. The quantitative estimate of drug-likeness (QED) is 0.658. The summed E-state index contributed by atoms with van der Waals surface area (Å²) in [5, 5.41) is 0. The van der Waals surface area contributed by atoms with E-state index < -0.39 is 17.2 Å². The van der Waals surface area contributed by atoms with E-state index in [-0.39, 0.29) is 24.6 Å². The van der Waals surface area contributed by atoms with E-state index in [1.165, 1.54) is 0 Å². The number of ether oxygens (including phenoxy) is 6. The highest BCUT2D eigenvalue weighted by molar-refractivity contribution is 5.16. The van der Waals surface area contributed by atoms with E-state index in [1.54, 1.807) is 0 Å². The van der Waals surface area contributed by atoms with E-state index in [9.17, 15) is 0 Å². The molecule has 0 aliphatic carbocycles. The van der Waals surface area contributed by atoms with Gasteiger partial charge in [-0.1, -0.05) is 0 Å². The van der Waals surface area contributed by atoms with Gasteiger partial charge in [0.25, 0.3) is 0 Å². The summed E-state index contributed by atoms with van der Waals surface area (Å²) in [5.74, 6) is -1.19. The van der Waals surface area contributed by atoms with Gasteiger partial charge in [-0.2, -0.15) is 0 Å². The Morgan fingerprint density at radius 3 is 2.16 bits per heavy atom. The third-order valence-corrected chi connectivity index (χ3v) is 4.15. The fourth-order valence-electron chi connectivity index (χ4n) is 3.26. The molecule has 5 atom stereocenters. The molecule has 0 aromatic carbocycles. The maximum atomic E-state index is 6.00. The minimum Gasteiger partial charge on any atom is -0.364 e. The zero-order valence-corrected chi connectivity index (χ0v) is 11.7. The number of hydrogen-bond acceptors (Lipinski definition) is 6. The number of rotatable bonds is 1. The molecule has 6 nitrogen and oxygen atoms in total. The molecule has 6 heteroatoms. The molecular weight excluding hydrogens is 252 g/mol. The predicted octanol–water partition coefficient (Wildman–Crippen LogP) is 0.783. The van der Waals surface area contributed by atoms with Crippen molar-refractivity contribution in [2.75, 3.05) is 13.2 Å². The van der Waals surface area contributed by atoms with Crippen molar-refractivity contribution in [1.29, 1.82) is 0 Å². The van der Waals surface area contributed by atoms with Crippen molar-refractivity contribution < 1.29 is 28.4 Å². The third-order valence-electron chi connectivity index (χ3n) is 4.15. The van der Waals surface area contributed by atoms with Crippen LogP contribution in [0, 0.1) is 0 Å². The minimum absolute atomic E-state index is 0.140. The third kappa shape index (κ3) is 1.78. The van der Waals surface area contributed by atoms with Gasteiger partial charge < -0.3 is 28.4 Å². The molecule has 108 valence electrons. The van der Waals surface area contributed by atoms with Gasteiger partial charge in [0.2, 0.25) is 0 Å². The molecule has 0 N–H and O–H groups in total. The van der Waals surface area contributed by atoms with Gasteiger partial charge >= 0.3 is 0 Å². The summed E-state index contributed by atoms with van der Waals surface area (Å²) < 4.78 is 34.9. The first-order chi connectivity index (χ1) is 8.81. The molecule has 0 amide bonds. The second-order valence-electron chi connectivity index (χ2n) is 6.59. The highest BCUT2D eigenvalue weighted by Gasteiger charge is 2.73. The molecule has 4 aliphatic rings. The van der Waals surface area contributed by atoms with Gasteiger partial charge in [-0.15, -0.1) is 0 Å². The first-order valence-electron chi connectivity index (χ1n) is 6.78. The molecular formula is C13H20O6. The maximum absolute atomic E-state index is 6.00. The van der Waals surface area contributed by atoms with Crippen molar-refractivity contribution in [3.8, 4) is 0 Å². The fraction of sp³-hybridized carbons (Fsp3) is 1.00. The Labute approximate surface area is 112 Å². The molecule has 0 radical (unpaired) electrons. The summed E-state index contributed by atoms with van der Waals surface area (Å²) in [6.07, 6.45) is -0.895. The smallest absolute Gasteiger partial charge is 0.190 e. The van der Waals surface area contributed by atoms with Crippen molar-refractivity contribution in [2.24, 2.45) is 0 Å². The molecule has 4 fully saturated rings. The average molecular weight is 272 g/mol. The van der Waals surface area contributed by atoms with Gasteiger partial charge in [-0.3, -0.25) is 0 Å². The Morgan fingerprint density at radius 2 is 1.58 bits per heavy atom. The molecule has 19 heavy (non-hydrogen) atoms. The van der Waals surface area contributed by atoms with Crippen molar-refractivity contribution in [3.05, 3.63) is 0 Å². The van der Waals surface area contributed by atoms with Crippen LogP contribution in [0.4, 0.5) is 0 Å². The second kappa shape index (κ2) is 3.50. The second-order valence-corrected chi connectivity index (χ2v) is 6.59. The highest BCUT2D eigenvalue weighted by atomic mass is 16.9. The van der Waals surface area contributed by atoms with E-state index in [0.717, 1.165) is 0 Å². The van der Waals surface area contributed by atoms with Crippen LogP contribution in [-0.4, -0.2) is 55.0 Å². The fourth-order valence-corrected chi connectivity index (χ4v) is 3.26. The predicted molar refractivity (Wildman–Crippen MR) is 62.3 cm³/mol. The first-order valence-corrected chi connectivity index (χ1v) is 6.78. The Hall–Kier alpha value is -0.240. The standard InChI is InChI=1S/C13H20O6/c1-11(2)14-5-7(17-11)8-13(6-15-13)9-10(16-8)19-12(3,4)18-9/h7-10H,5-6H2,1-4H3/t7?,8?,9-,10+,13-/m0/s1. The van der Waals surface area contributed by atoms with Crippen LogP contribution in [0.5, 0.6) is 0 Å². The molecule has 0 bridgehead atoms. The molecule has 0 saturated carbocycles. The molecule has 4 saturated heterocycles. The summed E-state index contributed by atoms with van der Waals surface area (Å²) in [6, 6.07) is 0. The summed E-state index contributed by atoms with van der Waals surface area (Å²) in [7, 11) is 0. The summed E-state index contributed by atoms with van der Waals surface area (Å²) >= 11 is 0. The van der Waals surface area contributed by atoms with Crippen LogP contribution in [0.1, 0.15) is 27.7 Å². The van der Waals surface area contributed by atoms with Gasteiger partial charge in [0.15, 0.2) is 23.5 Å². The normalized spacial score (nSPS) is 53.7. The SMILES string of the molecule is CC1(C)OCC(C2O[C@@H]3OC(C)(C)O[C@@H]3[C@]23CO3)O1. The van der Waals surface area contributed by atoms with Crippen LogP contribution in [0.25, 0.3) is 0 Å². The highest BCUT2D eigenvalue weighted by Crippen LogP contribution is 2.53. The van der Waals surface area contributed by atoms with Crippen LogP contribution >= 0.6 is 0 Å². The molecule has 4 aliphatic heterocycles. The lowest BCUT2D eigenvalue weighted by Crippen LogP contribution is -2.45. The lowest BCUT2D eigenvalue weighted by molar-refractivity contribution is -0.228. The average Bonchev–Trinajstić information content (AvgIpc) is 2.82. The Morgan fingerprint density at radius 1 is 0.842 bits per heavy atom. The van der Waals surface area contributed by atoms with Crippen molar-refractivity contribution in [1.82, 2.24) is 0 Å². The van der Waals surface area contributed by atoms with Crippen molar-refractivity contribution in [2.45, 2.75) is 69.5 Å². The van der Waals surface area contributed by atoms with E-state index in [0.29, 0.717) is 13.2 Å². The summed E-state index contributed by atoms with van der Waals surface area (Å²) in [5.41, 5.74) is -0.424. The Bertz CT molecular complexity index is 402. The Kier molecular flexibility index (Phi) is 2.30. The summed E-state index contributed by atoms with van der Waals surface area (Å²) in [4.78, 5) is 0. The van der Waals surface area contributed by atoms with Gasteiger partial charge in [0.1, 0.15) is 18.3 Å². The van der Waals surface area contributed by atoms with Crippen molar-refractivity contribution in [3.63, 3.8) is 0 Å². The molecule has 0 aromatic heterocycles. The van der Waals surface area contributed by atoms with E-state index in [2.05, 4.69) is 0 Å². The van der Waals surface area contributed by atoms with Gasteiger partial charge in [0, 0.05) is 0 Å². The van der Waals surface area contributed by atoms with Gasteiger partial charge in [0.05, 0.1) is 13.2 Å². The topological polar surface area (TPSA) is 58.7 Å². The van der Waals surface area contributed by atoms with Crippen molar-refractivity contribution >= 4 is 0 Å². The monoisotopic (exact) mass is 272 g/mol. The van der Waals surface area contributed by atoms with Crippen LogP contribution < -0.4 is 0 Å². The largest absolute Gasteiger partial charge is 0.364 e. The number of epoxide rings is 1. The van der Waals surface area contributed by atoms with Gasteiger partial charge in [-0.05, 0) is 27.7 Å². The molecule has 2 unspecified atom stereocenters. The van der Waals surface area contributed by atoms with Crippen LogP contribution in [-0.2, 0) is 28.4 Å². The van der Waals surface area contributed by atoms with Crippen LogP contribution in [0.15, 0.2) is 0 Å². The Balaban J connectivity index is 1.55. The zero-order chi connectivity index (χ0) is 13.5. The number of fused-ring (bicyclic) bond motifs is 2.